The zero-order valence-electron chi connectivity index (χ0n) is 19.0. The second-order valence-electron chi connectivity index (χ2n) is 7.21. The first-order chi connectivity index (χ1) is 16.1. The van der Waals surface area contributed by atoms with Crippen molar-refractivity contribution in [3.63, 3.8) is 0 Å². The monoisotopic (exact) mass is 690 g/mol. The lowest BCUT2D eigenvalue weighted by Gasteiger charge is -2.28. The highest BCUT2D eigenvalue weighted by Gasteiger charge is 2.59. The van der Waals surface area contributed by atoms with Crippen LogP contribution in [-0.4, -0.2) is 102 Å². The van der Waals surface area contributed by atoms with Gasteiger partial charge in [0.1, 0.15) is 0 Å². The second-order valence-corrected chi connectivity index (χ2v) is 19.5. The van der Waals surface area contributed by atoms with Gasteiger partial charge in [0.25, 0.3) is 15.2 Å². The van der Waals surface area contributed by atoms with E-state index in [4.69, 9.17) is 80.4 Å². The molecule has 23 nitrogen and oxygen atoms in total. The summed E-state index contributed by atoms with van der Waals surface area (Å²) in [6.07, 6.45) is -1.73. The van der Waals surface area contributed by atoms with E-state index in [1.165, 1.54) is 0 Å². The fourth-order valence-corrected chi connectivity index (χ4v) is 7.44. The lowest BCUT2D eigenvalue weighted by Crippen LogP contribution is -2.31. The zero-order chi connectivity index (χ0) is 32.0. The number of hydrogen-bond donors (Lipinski definition) is 17. The molecule has 29 heteroatoms. The summed E-state index contributed by atoms with van der Waals surface area (Å²) < 4.78 is 63.1. The van der Waals surface area contributed by atoms with E-state index < -0.39 is 80.2 Å². The van der Waals surface area contributed by atoms with E-state index in [1.807, 2.05) is 0 Å². The summed E-state index contributed by atoms with van der Waals surface area (Å²) in [5, 5.41) is 17.0. The molecule has 0 aliphatic rings. The highest BCUT2D eigenvalue weighted by atomic mass is 31.3. The van der Waals surface area contributed by atoms with Crippen molar-refractivity contribution in [1.29, 1.82) is 0 Å². The summed E-state index contributed by atoms with van der Waals surface area (Å²) in [5.41, 5.74) is 9.87. The van der Waals surface area contributed by atoms with Gasteiger partial charge >= 0.3 is 45.6 Å². The third kappa shape index (κ3) is 11.5. The van der Waals surface area contributed by atoms with Crippen LogP contribution in [0.4, 0.5) is 0 Å². The lowest BCUT2D eigenvalue weighted by molar-refractivity contribution is 0.121. The van der Waals surface area contributed by atoms with Crippen LogP contribution in [0.2, 0.25) is 0 Å². The fourth-order valence-electron chi connectivity index (χ4n) is 1.62. The quantitative estimate of drug-likeness (QED) is 0.0920. The molecule has 0 heterocycles. The molecule has 0 amide bonds. The van der Waals surface area contributed by atoms with Crippen LogP contribution < -0.4 is 11.5 Å². The van der Waals surface area contributed by atoms with Crippen LogP contribution in [0.25, 0.3) is 0 Å². The first kappa shape index (κ1) is 43.2. The Morgan fingerprint density at radius 2 is 0.711 bits per heavy atom. The Hall–Kier alpha value is 0.700. The zero-order valence-corrected chi connectivity index (χ0v) is 24.4. The predicted molar refractivity (Wildman–Crippen MR) is 125 cm³/mol. The molecule has 0 bridgehead atoms. The van der Waals surface area contributed by atoms with Crippen LogP contribution in [0.3, 0.4) is 0 Å². The van der Waals surface area contributed by atoms with Gasteiger partial charge in [0, 0.05) is 12.8 Å². The van der Waals surface area contributed by atoms with E-state index in [0.29, 0.717) is 6.92 Å². The standard InChI is InChI=1S/C4H13NO7P2.C3H11NO7P2.C2H8O7P2/c5-3-1-2-4(6,13(7,8)9)14(10,11)12;4-2-1-3(5,12(6,7)8)13(9,10)11;1-2(3,10(4,5)6)11(7,8)9/h6H,1-3,5H2,(H2,7,8,9)(H2,10,11,12);5H,1-2,4H2,(H2,6,7,8)(H2,9,10,11);3H,1H3,(H2,4,5,6)(H2,7,8,9). The summed E-state index contributed by atoms with van der Waals surface area (Å²) in [7, 11) is -31.6. The summed E-state index contributed by atoms with van der Waals surface area (Å²) in [6, 6.07) is 0. The number of nitrogens with two attached hydrogens (primary N) is 2. The maximum Gasteiger partial charge on any atom is 0.369 e. The van der Waals surface area contributed by atoms with Gasteiger partial charge in [0.15, 0.2) is 0 Å². The van der Waals surface area contributed by atoms with Crippen LogP contribution in [0.5, 0.6) is 0 Å². The van der Waals surface area contributed by atoms with Crippen LogP contribution >= 0.6 is 45.6 Å². The topological polar surface area (TPSA) is 458 Å². The molecule has 0 atom stereocenters. The van der Waals surface area contributed by atoms with E-state index in [-0.39, 0.29) is 13.0 Å². The Kier molecular flexibility index (Phi) is 16.2. The Morgan fingerprint density at radius 1 is 0.474 bits per heavy atom. The van der Waals surface area contributed by atoms with Gasteiger partial charge in [-0.15, -0.1) is 0 Å². The average molecular weight is 690 g/mol. The highest BCUT2D eigenvalue weighted by molar-refractivity contribution is 7.73. The fraction of sp³-hybridized carbons (Fsp3) is 1.00. The molecule has 0 spiro atoms. The minimum absolute atomic E-state index is 0.0394. The van der Waals surface area contributed by atoms with Crippen LogP contribution in [0.15, 0.2) is 0 Å². The molecule has 0 aromatic carbocycles. The van der Waals surface area contributed by atoms with Gasteiger partial charge < -0.3 is 85.5 Å². The molecule has 0 aromatic rings. The van der Waals surface area contributed by atoms with Crippen molar-refractivity contribution in [3.8, 4) is 0 Å². The molecule has 0 aliphatic carbocycles. The smallest absolute Gasteiger partial charge is 0.368 e. The first-order valence-electron chi connectivity index (χ1n) is 9.03. The molecule has 0 saturated heterocycles. The van der Waals surface area contributed by atoms with Crippen molar-refractivity contribution >= 4 is 45.6 Å². The molecular weight excluding hydrogens is 658 g/mol. The summed E-state index contributed by atoms with van der Waals surface area (Å²) in [4.78, 5) is 102. The Morgan fingerprint density at radius 3 is 0.816 bits per heavy atom. The second kappa shape index (κ2) is 14.2. The third-order valence-corrected chi connectivity index (χ3v) is 15.7. The van der Waals surface area contributed by atoms with Gasteiger partial charge in [-0.2, -0.15) is 0 Å². The van der Waals surface area contributed by atoms with Gasteiger partial charge in [-0.1, -0.05) is 0 Å². The molecule has 0 saturated carbocycles. The molecule has 19 N–H and O–H groups in total. The van der Waals surface area contributed by atoms with E-state index in [1.54, 1.807) is 0 Å². The number of aliphatic hydroxyl groups is 3. The highest BCUT2D eigenvalue weighted by Crippen LogP contribution is 2.70. The third-order valence-electron chi connectivity index (χ3n) is 4.17. The van der Waals surface area contributed by atoms with Crippen molar-refractivity contribution in [2.24, 2.45) is 11.5 Å². The number of rotatable bonds is 11. The summed E-state index contributed by atoms with van der Waals surface area (Å²) in [5.74, 6) is 0. The van der Waals surface area contributed by atoms with Gasteiger partial charge in [0.2, 0.25) is 0 Å². The van der Waals surface area contributed by atoms with Gasteiger partial charge in [0.05, 0.1) is 0 Å². The van der Waals surface area contributed by atoms with Gasteiger partial charge in [-0.05, 0) is 26.4 Å². The Bertz CT molecular complexity index is 971. The van der Waals surface area contributed by atoms with Crippen LogP contribution in [-0.2, 0) is 27.4 Å². The SMILES string of the molecule is CC(O)(P(=O)(O)O)P(=O)(O)O.NCCC(O)(P(=O)(O)O)P(=O)(O)O.NCCCC(O)(P(=O)(O)O)P(=O)(O)O. The average Bonchev–Trinajstić information content (AvgIpc) is 2.61. The molecular formula is C9H32N2O21P6. The van der Waals surface area contributed by atoms with Crippen molar-refractivity contribution in [1.82, 2.24) is 0 Å². The summed E-state index contributed by atoms with van der Waals surface area (Å²) in [6.45, 7) is -0.108. The van der Waals surface area contributed by atoms with Gasteiger partial charge in [-0.25, -0.2) is 0 Å². The van der Waals surface area contributed by atoms with Gasteiger partial charge in [-0.3, -0.25) is 27.4 Å². The molecule has 0 aliphatic heterocycles. The molecule has 0 unspecified atom stereocenters. The minimum atomic E-state index is -5.31. The Labute approximate surface area is 213 Å². The number of hydrogen-bond acceptors (Lipinski definition) is 11. The predicted octanol–water partition coefficient (Wildman–Crippen LogP) is -3.93. The normalized spacial score (nSPS) is 14.7. The maximum atomic E-state index is 10.7. The van der Waals surface area contributed by atoms with Crippen molar-refractivity contribution in [2.45, 2.75) is 41.4 Å². The Balaban J connectivity index is -0.000000487. The molecule has 0 rings (SSSR count). The first-order valence-corrected chi connectivity index (χ1v) is 18.7. The van der Waals surface area contributed by atoms with E-state index in [0.717, 1.165) is 0 Å². The molecule has 0 aromatic heterocycles. The molecule has 0 fully saturated rings. The van der Waals surface area contributed by atoms with Crippen LogP contribution in [0, 0.1) is 0 Å². The minimum Gasteiger partial charge on any atom is -0.368 e. The molecule has 38 heavy (non-hydrogen) atoms. The van der Waals surface area contributed by atoms with Crippen molar-refractivity contribution < 1.29 is 101 Å². The van der Waals surface area contributed by atoms with Crippen molar-refractivity contribution in [3.05, 3.63) is 0 Å². The van der Waals surface area contributed by atoms with E-state index in [9.17, 15) is 32.5 Å². The lowest BCUT2D eigenvalue weighted by atomic mass is 10.3. The van der Waals surface area contributed by atoms with Crippen LogP contribution in [0.1, 0.15) is 26.2 Å². The molecule has 0 radical (unpaired) electrons. The van der Waals surface area contributed by atoms with E-state index >= 15 is 0 Å². The largest absolute Gasteiger partial charge is 0.369 e. The summed E-state index contributed by atoms with van der Waals surface area (Å²) >= 11 is 0. The molecule has 234 valence electrons. The van der Waals surface area contributed by atoms with Crippen molar-refractivity contribution in [2.75, 3.05) is 13.1 Å². The maximum absolute atomic E-state index is 10.7. The van der Waals surface area contributed by atoms with E-state index in [2.05, 4.69) is 0 Å².